The summed E-state index contributed by atoms with van der Waals surface area (Å²) in [6, 6.07) is 3.84. The van der Waals surface area contributed by atoms with Crippen molar-refractivity contribution in [2.45, 2.75) is 47.6 Å². The van der Waals surface area contributed by atoms with Crippen LogP contribution in [0.2, 0.25) is 0 Å². The largest absolute Gasteiger partial charge is 0.481 e. The third-order valence-corrected chi connectivity index (χ3v) is 9.95. The van der Waals surface area contributed by atoms with E-state index in [1.54, 1.807) is 6.07 Å². The van der Waals surface area contributed by atoms with Crippen molar-refractivity contribution in [2.24, 2.45) is 22.5 Å². The molecule has 1 aromatic carbocycles. The van der Waals surface area contributed by atoms with E-state index in [2.05, 4.69) is 0 Å². The van der Waals surface area contributed by atoms with Crippen molar-refractivity contribution in [1.29, 1.82) is 5.26 Å². The highest BCUT2D eigenvalue weighted by Gasteiger charge is 2.75. The fraction of sp³-hybridized carbons (Fsp3) is 0.591. The molecule has 2 saturated carbocycles. The van der Waals surface area contributed by atoms with E-state index in [0.717, 1.165) is 18.1 Å². The van der Waals surface area contributed by atoms with Gasteiger partial charge in [0.1, 0.15) is 10.8 Å². The number of amides is 1. The number of nitrogens with zero attached hydrogens (tertiary/aromatic N) is 2. The molecule has 202 valence electrons. The summed E-state index contributed by atoms with van der Waals surface area (Å²) in [7, 11) is -3.76. The Bertz CT molecular complexity index is 1300. The third kappa shape index (κ3) is 4.01. The van der Waals surface area contributed by atoms with E-state index in [0.29, 0.717) is 12.1 Å². The molecule has 1 amide bonds. The molecule has 4 rings (SSSR count). The van der Waals surface area contributed by atoms with Crippen LogP contribution < -0.4 is 10.6 Å². The van der Waals surface area contributed by atoms with Gasteiger partial charge < -0.3 is 20.5 Å². The maximum Gasteiger partial charge on any atom is 0.417 e. The second kappa shape index (κ2) is 8.26. The molecule has 3 aliphatic rings. The first-order valence-electron chi connectivity index (χ1n) is 11.0. The number of methoxy groups -OCH3 is 1. The van der Waals surface area contributed by atoms with E-state index in [1.165, 1.54) is 0 Å². The molecular weight excluding hydrogens is 529 g/mol. The molecule has 1 saturated heterocycles. The number of nitriles is 1. The average molecular weight is 551 g/mol. The number of carbonyl (C=O) groups excluding carboxylic acids is 1. The smallest absolute Gasteiger partial charge is 0.417 e. The van der Waals surface area contributed by atoms with Gasteiger partial charge in [-0.2, -0.15) is 18.4 Å². The minimum absolute atomic E-state index is 0.239. The summed E-state index contributed by atoms with van der Waals surface area (Å²) in [5.74, 6) is -6.93. The normalized spacial score (nSPS) is 32.9. The monoisotopic (exact) mass is 551 g/mol. The zero-order chi connectivity index (χ0) is 27.8. The lowest BCUT2D eigenvalue weighted by Gasteiger charge is -2.40. The summed E-state index contributed by atoms with van der Waals surface area (Å²) in [6.07, 6.45) is -8.02. The number of aliphatic carboxylic acids is 1. The van der Waals surface area contributed by atoms with E-state index in [1.807, 2.05) is 0 Å². The number of primary amides is 1. The van der Waals surface area contributed by atoms with Crippen molar-refractivity contribution in [3.8, 4) is 6.07 Å². The number of halogens is 5. The second-order valence-electron chi connectivity index (χ2n) is 9.77. The number of sulfone groups is 1. The first kappa shape index (κ1) is 27.1. The summed E-state index contributed by atoms with van der Waals surface area (Å²) >= 11 is 0. The summed E-state index contributed by atoms with van der Waals surface area (Å²) in [6.45, 7) is -1.64. The van der Waals surface area contributed by atoms with E-state index in [9.17, 15) is 50.3 Å². The van der Waals surface area contributed by atoms with Crippen LogP contribution in [0, 0.1) is 28.1 Å². The Morgan fingerprint density at radius 1 is 1.24 bits per heavy atom. The van der Waals surface area contributed by atoms with Gasteiger partial charge in [0.2, 0.25) is 5.91 Å². The van der Waals surface area contributed by atoms with Crippen molar-refractivity contribution < 1.29 is 49.8 Å². The molecule has 5 atom stereocenters. The molecule has 1 heterocycles. The van der Waals surface area contributed by atoms with Crippen molar-refractivity contribution >= 4 is 27.4 Å². The average Bonchev–Trinajstić information content (AvgIpc) is 3.41. The van der Waals surface area contributed by atoms with E-state index in [4.69, 9.17) is 10.5 Å². The molecule has 0 bridgehead atoms. The number of ether oxygens (including phenoxy) is 1. The zero-order valence-corrected chi connectivity index (χ0v) is 20.1. The number of rotatable bonds is 7. The third-order valence-electron chi connectivity index (χ3n) is 7.74. The fourth-order valence-corrected chi connectivity index (χ4v) is 7.74. The number of carboxylic acid groups (broad SMARTS) is 1. The molecule has 0 aromatic heterocycles. The van der Waals surface area contributed by atoms with Gasteiger partial charge >= 0.3 is 12.1 Å². The second-order valence-corrected chi connectivity index (χ2v) is 12.0. The Morgan fingerprint density at radius 2 is 1.86 bits per heavy atom. The summed E-state index contributed by atoms with van der Waals surface area (Å²) < 4.78 is 101. The Kier molecular flexibility index (Phi) is 6.04. The van der Waals surface area contributed by atoms with Crippen molar-refractivity contribution in [3.63, 3.8) is 0 Å². The standard InChI is InChI=1S/C22H22F5N3O6S/c1-36-16-5-12(6-21(16,18(32)33)15-7-19(15,8-28)17(29)31)37(34,35)14-3-2-11(4-13(14)22(25,26)27)30-9-20(23,24)10-30/h2-4,12,15-16H,5-7,9-10H2,1H3,(H2,29,31)(H,32,33)/t12-,15?,16+,19?,21+/m1/s1. The lowest BCUT2D eigenvalue weighted by molar-refractivity contribution is -0.159. The predicted octanol–water partition coefficient (Wildman–Crippen LogP) is 2.20. The van der Waals surface area contributed by atoms with E-state index >= 15 is 0 Å². The molecule has 15 heteroatoms. The highest BCUT2D eigenvalue weighted by Crippen LogP contribution is 2.66. The zero-order valence-electron chi connectivity index (χ0n) is 19.3. The maximum atomic E-state index is 13.9. The molecule has 0 spiro atoms. The molecule has 3 N–H and O–H groups in total. The highest BCUT2D eigenvalue weighted by molar-refractivity contribution is 7.92. The van der Waals surface area contributed by atoms with Crippen LogP contribution in [0.1, 0.15) is 24.8 Å². The van der Waals surface area contributed by atoms with Crippen LogP contribution in [-0.2, 0) is 30.3 Å². The molecule has 0 radical (unpaired) electrons. The number of alkyl halides is 5. The topological polar surface area (TPSA) is 151 Å². The Hall–Kier alpha value is -2.99. The van der Waals surface area contributed by atoms with Gasteiger partial charge in [-0.05, 0) is 37.5 Å². The SMILES string of the molecule is CO[C@H]1C[C@@H](S(=O)(=O)c2ccc(N3CC(F)(F)C3)cc2C(F)(F)F)C[C@]1(C(=O)O)C1CC1(C#N)C(N)=O. The first-order valence-corrected chi connectivity index (χ1v) is 12.6. The van der Waals surface area contributed by atoms with Crippen LogP contribution in [0.25, 0.3) is 0 Å². The van der Waals surface area contributed by atoms with Crippen LogP contribution in [0.15, 0.2) is 23.1 Å². The molecule has 2 aliphatic carbocycles. The number of hydrogen-bond acceptors (Lipinski definition) is 7. The van der Waals surface area contributed by atoms with Crippen LogP contribution in [-0.4, -0.2) is 62.9 Å². The molecule has 1 aliphatic heterocycles. The Morgan fingerprint density at radius 3 is 2.30 bits per heavy atom. The lowest BCUT2D eigenvalue weighted by atomic mass is 9.75. The van der Waals surface area contributed by atoms with Gasteiger partial charge in [-0.15, -0.1) is 0 Å². The van der Waals surface area contributed by atoms with Gasteiger partial charge in [-0.1, -0.05) is 0 Å². The summed E-state index contributed by atoms with van der Waals surface area (Å²) in [5, 5.41) is 17.9. The predicted molar refractivity (Wildman–Crippen MR) is 115 cm³/mol. The minimum atomic E-state index is -5.17. The lowest BCUT2D eigenvalue weighted by Crippen LogP contribution is -2.56. The minimum Gasteiger partial charge on any atom is -0.481 e. The molecule has 2 unspecified atom stereocenters. The molecule has 3 fully saturated rings. The van der Waals surface area contributed by atoms with Gasteiger partial charge in [0, 0.05) is 18.7 Å². The molecule has 37 heavy (non-hydrogen) atoms. The summed E-state index contributed by atoms with van der Waals surface area (Å²) in [4.78, 5) is 24.2. The number of hydrogen-bond donors (Lipinski definition) is 2. The highest BCUT2D eigenvalue weighted by atomic mass is 32.2. The van der Waals surface area contributed by atoms with Crippen LogP contribution in [0.5, 0.6) is 0 Å². The van der Waals surface area contributed by atoms with Gasteiger partial charge in [-0.25, -0.2) is 17.2 Å². The van der Waals surface area contributed by atoms with Gasteiger partial charge in [0.15, 0.2) is 9.84 Å². The van der Waals surface area contributed by atoms with Crippen LogP contribution in [0.3, 0.4) is 0 Å². The van der Waals surface area contributed by atoms with Crippen molar-refractivity contribution in [1.82, 2.24) is 0 Å². The Balaban J connectivity index is 1.74. The number of carbonyl (C=O) groups is 2. The van der Waals surface area contributed by atoms with E-state index in [-0.39, 0.29) is 12.1 Å². The van der Waals surface area contributed by atoms with Gasteiger partial charge in [0.05, 0.1) is 41.0 Å². The number of nitrogens with two attached hydrogens (primary N) is 1. The van der Waals surface area contributed by atoms with Gasteiger partial charge in [0.25, 0.3) is 5.92 Å². The quantitative estimate of drug-likeness (QED) is 0.490. The van der Waals surface area contributed by atoms with Gasteiger partial charge in [-0.3, -0.25) is 9.59 Å². The maximum absolute atomic E-state index is 13.9. The van der Waals surface area contributed by atoms with Crippen molar-refractivity contribution in [3.05, 3.63) is 23.8 Å². The Labute approximate surface area is 207 Å². The molecule has 9 nitrogen and oxygen atoms in total. The van der Waals surface area contributed by atoms with E-state index < -0.39 is 98.3 Å². The van der Waals surface area contributed by atoms with Crippen molar-refractivity contribution in [2.75, 3.05) is 25.1 Å². The molecule has 1 aromatic rings. The molecular formula is C22H22F5N3O6S. The number of carboxylic acids is 1. The van der Waals surface area contributed by atoms with Crippen LogP contribution in [0.4, 0.5) is 27.6 Å². The first-order chi connectivity index (χ1) is 17.0. The number of benzene rings is 1. The summed E-state index contributed by atoms with van der Waals surface area (Å²) in [5.41, 5.74) is -0.443. The van der Waals surface area contributed by atoms with Crippen LogP contribution >= 0.6 is 0 Å². The number of anilines is 1. The fourth-order valence-electron chi connectivity index (χ4n) is 5.72.